The summed E-state index contributed by atoms with van der Waals surface area (Å²) in [5, 5.41) is 29.9. The molecule has 0 bridgehead atoms. The first-order valence-corrected chi connectivity index (χ1v) is 22.0. The molecular weight excluding hydrogens is 841 g/mol. The van der Waals surface area contributed by atoms with Crippen LogP contribution < -0.4 is 26.7 Å². The number of thiocarbonyl (C=S) groups is 1. The summed E-state index contributed by atoms with van der Waals surface area (Å²) in [6.07, 6.45) is 2.35. The van der Waals surface area contributed by atoms with Gasteiger partial charge in [0, 0.05) is 91.0 Å². The molecule has 1 aromatic heterocycles. The van der Waals surface area contributed by atoms with E-state index in [-0.39, 0.29) is 41.7 Å². The van der Waals surface area contributed by atoms with E-state index in [2.05, 4.69) is 31.5 Å². The highest BCUT2D eigenvalue weighted by Gasteiger charge is 2.19. The van der Waals surface area contributed by atoms with Crippen LogP contribution >= 0.6 is 12.2 Å². The van der Waals surface area contributed by atoms with Crippen molar-refractivity contribution >= 4 is 61.3 Å². The monoisotopic (exact) mass is 886 g/mol. The third kappa shape index (κ3) is 13.4. The number of aromatic nitrogens is 2. The van der Waals surface area contributed by atoms with E-state index in [4.69, 9.17) is 35.3 Å². The Morgan fingerprint density at radius 1 is 0.710 bits per heavy atom. The van der Waals surface area contributed by atoms with Gasteiger partial charge in [0.1, 0.15) is 17.1 Å². The van der Waals surface area contributed by atoms with Crippen LogP contribution in [0, 0.1) is 0 Å². The fourth-order valence-electron chi connectivity index (χ4n) is 6.10. The molecule has 0 fully saturated rings. The molecule has 6 rings (SSSR count). The summed E-state index contributed by atoms with van der Waals surface area (Å²) in [7, 11) is -3.62. The number of rotatable bonds is 22. The zero-order valence-corrected chi connectivity index (χ0v) is 35.4. The smallest absolute Gasteiger partial charge is 0.335 e. The second-order valence-corrected chi connectivity index (χ2v) is 16.2. The molecule has 0 saturated carbocycles. The molecule has 3 aromatic carbocycles. The highest BCUT2D eigenvalue weighted by molar-refractivity contribution is 7.90. The normalized spacial score (nSPS) is 11.4. The van der Waals surface area contributed by atoms with Crippen molar-refractivity contribution in [2.45, 2.75) is 30.9 Å². The Hall–Kier alpha value is -6.25. The van der Waals surface area contributed by atoms with E-state index in [1.165, 1.54) is 18.2 Å². The SMILES string of the molecule is CS(=O)(=O)c1nnc(-c2ccc(NC(=O)CCC(=O)NCCCOCCOCCOCCCNC(=S)Nc3ccc(-c4c5ccc(=O)cc-5oc5cc(O)ccc45)cc3)cc2)o1. The van der Waals surface area contributed by atoms with Gasteiger partial charge in [-0.2, -0.15) is 0 Å². The predicted octanol–water partition coefficient (Wildman–Crippen LogP) is 5.38. The number of phenols is 1. The molecule has 0 spiro atoms. The highest BCUT2D eigenvalue weighted by atomic mass is 32.2. The van der Waals surface area contributed by atoms with Crippen molar-refractivity contribution in [2.24, 2.45) is 0 Å². The van der Waals surface area contributed by atoms with E-state index in [1.807, 2.05) is 24.3 Å². The van der Waals surface area contributed by atoms with Gasteiger partial charge in [0.05, 0.1) is 26.4 Å². The summed E-state index contributed by atoms with van der Waals surface area (Å²) < 4.78 is 50.9. The lowest BCUT2D eigenvalue weighted by Crippen LogP contribution is -2.29. The number of nitrogens with one attached hydrogen (secondary N) is 4. The number of anilines is 2. The molecule has 2 amide bonds. The number of ether oxygens (including phenoxy) is 3. The Morgan fingerprint density at radius 3 is 1.98 bits per heavy atom. The Labute approximate surface area is 362 Å². The van der Waals surface area contributed by atoms with Gasteiger partial charge >= 0.3 is 5.22 Å². The number of sulfone groups is 1. The molecule has 17 nitrogen and oxygen atoms in total. The maximum Gasteiger partial charge on any atom is 0.335 e. The van der Waals surface area contributed by atoms with Crippen LogP contribution in [0.25, 0.3) is 44.9 Å². The van der Waals surface area contributed by atoms with Crippen molar-refractivity contribution in [1.29, 1.82) is 0 Å². The summed E-state index contributed by atoms with van der Waals surface area (Å²) in [5.41, 5.74) is 4.70. The molecule has 0 atom stereocenters. The average Bonchev–Trinajstić information content (AvgIpc) is 3.76. The summed E-state index contributed by atoms with van der Waals surface area (Å²) >= 11 is 5.47. The van der Waals surface area contributed by atoms with Crippen molar-refractivity contribution < 1.29 is 46.2 Å². The van der Waals surface area contributed by atoms with Crippen LogP contribution in [-0.4, -0.2) is 99.6 Å². The van der Waals surface area contributed by atoms with Crippen molar-refractivity contribution in [3.63, 3.8) is 0 Å². The molecule has 0 saturated heterocycles. The summed E-state index contributed by atoms with van der Waals surface area (Å²) in [6, 6.07) is 23.8. The topological polar surface area (TPSA) is 233 Å². The molecular formula is C43H46N6O11S2. The van der Waals surface area contributed by atoms with Gasteiger partial charge in [-0.3, -0.25) is 14.4 Å². The van der Waals surface area contributed by atoms with Crippen LogP contribution in [-0.2, 0) is 33.6 Å². The molecule has 326 valence electrons. The minimum absolute atomic E-state index is 0.00104. The molecule has 2 aliphatic rings. The Bertz CT molecular complexity index is 2600. The van der Waals surface area contributed by atoms with Crippen molar-refractivity contribution in [2.75, 3.05) is 69.6 Å². The molecule has 62 heavy (non-hydrogen) atoms. The second-order valence-electron chi connectivity index (χ2n) is 13.9. The minimum atomic E-state index is -3.62. The van der Waals surface area contributed by atoms with Crippen LogP contribution in [0.5, 0.6) is 5.75 Å². The van der Waals surface area contributed by atoms with Gasteiger partial charge in [-0.1, -0.05) is 17.2 Å². The lowest BCUT2D eigenvalue weighted by Gasteiger charge is -2.16. The first kappa shape index (κ1) is 45.3. The van der Waals surface area contributed by atoms with E-state index < -0.39 is 15.1 Å². The number of amides is 2. The summed E-state index contributed by atoms with van der Waals surface area (Å²) in [5.74, 6) is -0.0251. The van der Waals surface area contributed by atoms with E-state index in [0.717, 1.165) is 40.4 Å². The van der Waals surface area contributed by atoms with Gasteiger partial charge in [0.25, 0.3) is 0 Å². The quantitative estimate of drug-likeness (QED) is 0.0327. The first-order chi connectivity index (χ1) is 29.9. The summed E-state index contributed by atoms with van der Waals surface area (Å²) in [6.45, 7) is 3.72. The number of carbonyl (C=O) groups is 2. The molecule has 5 N–H and O–H groups in total. The number of carbonyl (C=O) groups excluding carboxylic acids is 2. The molecule has 2 heterocycles. The van der Waals surface area contributed by atoms with E-state index in [0.29, 0.717) is 86.9 Å². The van der Waals surface area contributed by atoms with Crippen molar-refractivity contribution in [3.05, 3.63) is 95.2 Å². The van der Waals surface area contributed by atoms with Gasteiger partial charge in [0.15, 0.2) is 10.5 Å². The van der Waals surface area contributed by atoms with Crippen molar-refractivity contribution in [3.8, 4) is 39.7 Å². The van der Waals surface area contributed by atoms with E-state index in [1.54, 1.807) is 42.5 Å². The maximum atomic E-state index is 12.3. The fourth-order valence-corrected chi connectivity index (χ4v) is 6.74. The van der Waals surface area contributed by atoms with Crippen molar-refractivity contribution in [1.82, 2.24) is 20.8 Å². The van der Waals surface area contributed by atoms with Gasteiger partial charge in [0.2, 0.25) is 27.5 Å². The van der Waals surface area contributed by atoms with Crippen LogP contribution in [0.15, 0.2) is 104 Å². The number of hydrogen-bond donors (Lipinski definition) is 5. The molecule has 4 aromatic rings. The molecule has 1 aliphatic heterocycles. The average molecular weight is 887 g/mol. The molecule has 0 radical (unpaired) electrons. The van der Waals surface area contributed by atoms with Crippen LogP contribution in [0.2, 0.25) is 0 Å². The van der Waals surface area contributed by atoms with E-state index in [9.17, 15) is 27.9 Å². The molecule has 0 unspecified atom stereocenters. The number of hydrogen-bond acceptors (Lipinski definition) is 14. The van der Waals surface area contributed by atoms with Gasteiger partial charge < -0.3 is 49.4 Å². The lowest BCUT2D eigenvalue weighted by molar-refractivity contribution is -0.124. The Kier molecular flexibility index (Phi) is 16.1. The predicted molar refractivity (Wildman–Crippen MR) is 236 cm³/mol. The lowest BCUT2D eigenvalue weighted by atomic mass is 9.93. The number of phenolic OH excluding ortho intramolecular Hbond substituents is 1. The number of fused-ring (bicyclic) bond motifs is 2. The maximum absolute atomic E-state index is 12.3. The van der Waals surface area contributed by atoms with Gasteiger partial charge in [-0.15, -0.1) is 5.10 Å². The third-order valence-electron chi connectivity index (χ3n) is 9.11. The Morgan fingerprint density at radius 2 is 1.32 bits per heavy atom. The first-order valence-electron chi connectivity index (χ1n) is 19.7. The zero-order valence-electron chi connectivity index (χ0n) is 33.8. The summed E-state index contributed by atoms with van der Waals surface area (Å²) in [4.78, 5) is 36.5. The fraction of sp³-hybridized carbons (Fsp3) is 0.302. The van der Waals surface area contributed by atoms with Gasteiger partial charge in [-0.05, 0) is 91.3 Å². The van der Waals surface area contributed by atoms with Crippen LogP contribution in [0.4, 0.5) is 11.4 Å². The Balaban J connectivity index is 0.745. The number of nitrogens with zero attached hydrogens (tertiary/aromatic N) is 2. The number of benzene rings is 4. The molecule has 19 heteroatoms. The minimum Gasteiger partial charge on any atom is -0.508 e. The standard InChI is InChI=1S/C43H46N6O11S2/c1-62(54,55)43-49-48-41(60-43)29-6-10-30(11-7-29)46-39(53)17-16-38(52)44-18-2-20-56-22-24-58-25-23-57-21-3-19-45-42(61)47-31-8-4-28(5-9-31)40-34-14-12-32(50)26-36(34)59-37-27-33(51)13-15-35(37)40/h4-15,26-27,50H,2-3,16-25H2,1H3,(H,44,52)(H,46,53)(H2,45,47,61). The molecule has 1 aliphatic carbocycles. The second kappa shape index (κ2) is 22.0. The number of aromatic hydroxyl groups is 1. The highest BCUT2D eigenvalue weighted by Crippen LogP contribution is 2.40. The van der Waals surface area contributed by atoms with Gasteiger partial charge in [-0.25, -0.2) is 8.42 Å². The third-order valence-corrected chi connectivity index (χ3v) is 10.2. The zero-order chi connectivity index (χ0) is 43.9. The largest absolute Gasteiger partial charge is 0.508 e. The van der Waals surface area contributed by atoms with Crippen LogP contribution in [0.1, 0.15) is 25.7 Å². The van der Waals surface area contributed by atoms with E-state index >= 15 is 0 Å². The van der Waals surface area contributed by atoms with Crippen LogP contribution in [0.3, 0.4) is 0 Å².